The van der Waals surface area contributed by atoms with Crippen molar-refractivity contribution in [3.8, 4) is 0 Å². The van der Waals surface area contributed by atoms with E-state index in [4.69, 9.17) is 10.5 Å². The Morgan fingerprint density at radius 3 is 2.54 bits per heavy atom. The first-order valence-electron chi connectivity index (χ1n) is 8.50. The second-order valence-corrected chi connectivity index (χ2v) is 7.08. The molecule has 1 saturated carbocycles. The number of halogens is 1. The molecule has 1 heterocycles. The molecule has 2 fully saturated rings. The van der Waals surface area contributed by atoms with Gasteiger partial charge in [0.15, 0.2) is 0 Å². The highest BCUT2D eigenvalue weighted by Crippen LogP contribution is 2.49. The van der Waals surface area contributed by atoms with E-state index < -0.39 is 11.0 Å². The van der Waals surface area contributed by atoms with Crippen molar-refractivity contribution in [3.63, 3.8) is 0 Å². The van der Waals surface area contributed by atoms with Gasteiger partial charge in [-0.3, -0.25) is 4.79 Å². The highest BCUT2D eigenvalue weighted by molar-refractivity contribution is 5.89. The normalized spacial score (nSPS) is 31.0. The summed E-state index contributed by atoms with van der Waals surface area (Å²) in [5, 5.41) is 5.81. The van der Waals surface area contributed by atoms with Gasteiger partial charge in [0.05, 0.1) is 6.10 Å². The SMILES string of the molecule is CCNC(=O)N1CCC(NC(=O)C2(N)CC(OCC)C2(C)C)C1.Cl. The second kappa shape index (κ2) is 7.89. The summed E-state index contributed by atoms with van der Waals surface area (Å²) in [4.78, 5) is 26.2. The van der Waals surface area contributed by atoms with Gasteiger partial charge in [-0.05, 0) is 20.3 Å². The quantitative estimate of drug-likeness (QED) is 0.675. The molecule has 140 valence electrons. The van der Waals surface area contributed by atoms with Gasteiger partial charge in [-0.1, -0.05) is 13.8 Å². The third-order valence-corrected chi connectivity index (χ3v) is 5.37. The zero-order valence-electron chi connectivity index (χ0n) is 15.1. The lowest BCUT2D eigenvalue weighted by Gasteiger charge is -2.57. The number of likely N-dealkylation sites (tertiary alicyclic amines) is 1. The molecule has 0 aromatic carbocycles. The first-order valence-corrected chi connectivity index (χ1v) is 8.50. The van der Waals surface area contributed by atoms with Gasteiger partial charge in [-0.25, -0.2) is 4.79 Å². The van der Waals surface area contributed by atoms with Gasteiger partial charge in [0, 0.05) is 44.1 Å². The van der Waals surface area contributed by atoms with Gasteiger partial charge in [0.2, 0.25) is 5.91 Å². The van der Waals surface area contributed by atoms with Crippen LogP contribution in [0.25, 0.3) is 0 Å². The molecule has 7 nitrogen and oxygen atoms in total. The zero-order valence-corrected chi connectivity index (χ0v) is 15.9. The molecule has 0 aromatic rings. The van der Waals surface area contributed by atoms with E-state index >= 15 is 0 Å². The molecule has 8 heteroatoms. The van der Waals surface area contributed by atoms with Crippen molar-refractivity contribution < 1.29 is 14.3 Å². The van der Waals surface area contributed by atoms with Crippen molar-refractivity contribution >= 4 is 24.3 Å². The number of nitrogens with one attached hydrogen (secondary N) is 2. The number of hydrogen-bond donors (Lipinski definition) is 3. The van der Waals surface area contributed by atoms with E-state index in [0.717, 1.165) is 6.42 Å². The number of nitrogens with two attached hydrogens (primary N) is 1. The van der Waals surface area contributed by atoms with Crippen LogP contribution in [0.15, 0.2) is 0 Å². The monoisotopic (exact) mass is 362 g/mol. The van der Waals surface area contributed by atoms with E-state index in [1.807, 2.05) is 27.7 Å². The maximum Gasteiger partial charge on any atom is 0.317 e. The number of amides is 3. The van der Waals surface area contributed by atoms with Crippen molar-refractivity contribution in [1.82, 2.24) is 15.5 Å². The number of rotatable bonds is 5. The minimum Gasteiger partial charge on any atom is -0.378 e. The van der Waals surface area contributed by atoms with Crippen LogP contribution in [0.5, 0.6) is 0 Å². The minimum atomic E-state index is -0.911. The van der Waals surface area contributed by atoms with Gasteiger partial charge in [0.1, 0.15) is 5.54 Å². The summed E-state index contributed by atoms with van der Waals surface area (Å²) >= 11 is 0. The van der Waals surface area contributed by atoms with E-state index in [1.165, 1.54) is 0 Å². The van der Waals surface area contributed by atoms with Gasteiger partial charge < -0.3 is 26.0 Å². The number of carbonyl (C=O) groups excluding carboxylic acids is 2. The standard InChI is InChI=1S/C16H30N4O3.ClH/c1-5-18-14(22)20-8-7-11(10-20)19-13(21)16(17)9-12(23-6-2)15(16,3)4;/h11-12H,5-10,17H2,1-4H3,(H,18,22)(H,19,21);1H. The fourth-order valence-electron chi connectivity index (χ4n) is 3.46. The molecule has 2 rings (SSSR count). The molecular formula is C16H31ClN4O3. The number of urea groups is 1. The summed E-state index contributed by atoms with van der Waals surface area (Å²) in [7, 11) is 0. The Bertz CT molecular complexity index is 474. The molecule has 1 aliphatic heterocycles. The largest absolute Gasteiger partial charge is 0.378 e. The van der Waals surface area contributed by atoms with Crippen molar-refractivity contribution in [3.05, 3.63) is 0 Å². The van der Waals surface area contributed by atoms with Crippen LogP contribution < -0.4 is 16.4 Å². The third-order valence-electron chi connectivity index (χ3n) is 5.37. The fraction of sp³-hybridized carbons (Fsp3) is 0.875. The van der Waals surface area contributed by atoms with E-state index in [1.54, 1.807) is 4.90 Å². The van der Waals surface area contributed by atoms with Crippen LogP contribution in [-0.4, -0.2) is 60.8 Å². The molecule has 3 unspecified atom stereocenters. The minimum absolute atomic E-state index is 0. The molecule has 0 aromatic heterocycles. The molecule has 24 heavy (non-hydrogen) atoms. The van der Waals surface area contributed by atoms with Crippen LogP contribution in [0.1, 0.15) is 40.5 Å². The molecule has 0 bridgehead atoms. The van der Waals surface area contributed by atoms with Gasteiger partial charge in [0.25, 0.3) is 0 Å². The lowest BCUT2D eigenvalue weighted by Crippen LogP contribution is -2.76. The number of ether oxygens (including phenoxy) is 1. The van der Waals surface area contributed by atoms with E-state index in [0.29, 0.717) is 32.7 Å². The topological polar surface area (TPSA) is 96.7 Å². The molecule has 4 N–H and O–H groups in total. The summed E-state index contributed by atoms with van der Waals surface area (Å²) in [6.45, 7) is 10.2. The average molecular weight is 363 g/mol. The lowest BCUT2D eigenvalue weighted by atomic mass is 9.54. The molecule has 0 spiro atoms. The third kappa shape index (κ3) is 3.63. The molecule has 3 atom stereocenters. The molecular weight excluding hydrogens is 332 g/mol. The van der Waals surface area contributed by atoms with Crippen LogP contribution in [0.4, 0.5) is 4.79 Å². The van der Waals surface area contributed by atoms with Crippen molar-refractivity contribution in [2.75, 3.05) is 26.2 Å². The first-order chi connectivity index (χ1) is 10.8. The van der Waals surface area contributed by atoms with Crippen LogP contribution in [0.3, 0.4) is 0 Å². The second-order valence-electron chi connectivity index (χ2n) is 7.08. The van der Waals surface area contributed by atoms with Crippen molar-refractivity contribution in [1.29, 1.82) is 0 Å². The average Bonchev–Trinajstić information content (AvgIpc) is 2.95. The van der Waals surface area contributed by atoms with E-state index in [2.05, 4.69) is 10.6 Å². The maximum atomic E-state index is 12.7. The van der Waals surface area contributed by atoms with E-state index in [9.17, 15) is 9.59 Å². The number of carbonyl (C=O) groups is 2. The van der Waals surface area contributed by atoms with Gasteiger partial charge in [-0.2, -0.15) is 0 Å². The molecule has 0 radical (unpaired) electrons. The summed E-state index contributed by atoms with van der Waals surface area (Å²) in [6.07, 6.45) is 1.31. The van der Waals surface area contributed by atoms with Crippen LogP contribution in [0, 0.1) is 5.41 Å². The number of hydrogen-bond acceptors (Lipinski definition) is 4. The fourth-order valence-corrected chi connectivity index (χ4v) is 3.46. The molecule has 1 saturated heterocycles. The highest BCUT2D eigenvalue weighted by atomic mass is 35.5. The van der Waals surface area contributed by atoms with Crippen molar-refractivity contribution in [2.45, 2.75) is 58.2 Å². The van der Waals surface area contributed by atoms with Gasteiger partial charge >= 0.3 is 6.03 Å². The first kappa shape index (κ1) is 21.0. The maximum absolute atomic E-state index is 12.7. The molecule has 3 amide bonds. The summed E-state index contributed by atoms with van der Waals surface area (Å²) in [5.74, 6) is -0.138. The van der Waals surface area contributed by atoms with E-state index in [-0.39, 0.29) is 36.5 Å². The molecule has 1 aliphatic carbocycles. The predicted octanol–water partition coefficient (Wildman–Crippen LogP) is 0.861. The zero-order chi connectivity index (χ0) is 17.3. The van der Waals surface area contributed by atoms with Crippen LogP contribution in [-0.2, 0) is 9.53 Å². The Balaban J connectivity index is 0.00000288. The predicted molar refractivity (Wildman–Crippen MR) is 95.2 cm³/mol. The summed E-state index contributed by atoms with van der Waals surface area (Å²) in [5.41, 5.74) is 5.07. The van der Waals surface area contributed by atoms with Crippen molar-refractivity contribution in [2.24, 2.45) is 11.1 Å². The molecule has 2 aliphatic rings. The lowest BCUT2D eigenvalue weighted by molar-refractivity contribution is -0.171. The Labute approximate surface area is 150 Å². The Morgan fingerprint density at radius 2 is 2.00 bits per heavy atom. The Morgan fingerprint density at radius 1 is 1.33 bits per heavy atom. The van der Waals surface area contributed by atoms with Gasteiger partial charge in [-0.15, -0.1) is 12.4 Å². The summed E-state index contributed by atoms with van der Waals surface area (Å²) < 4.78 is 5.66. The smallest absolute Gasteiger partial charge is 0.317 e. The van der Waals surface area contributed by atoms with Crippen LogP contribution >= 0.6 is 12.4 Å². The summed E-state index contributed by atoms with van der Waals surface area (Å²) in [6, 6.07) is -0.112. The Kier molecular flexibility index (Phi) is 6.90. The Hall–Kier alpha value is -1.05. The highest BCUT2D eigenvalue weighted by Gasteiger charge is 2.63. The van der Waals surface area contributed by atoms with Crippen LogP contribution in [0.2, 0.25) is 0 Å². The number of nitrogens with zero attached hydrogens (tertiary/aromatic N) is 1.